The van der Waals surface area contributed by atoms with Crippen molar-refractivity contribution in [1.82, 2.24) is 0 Å². The summed E-state index contributed by atoms with van der Waals surface area (Å²) in [5.41, 5.74) is -1.20. The fourth-order valence-electron chi connectivity index (χ4n) is 3.34. The van der Waals surface area contributed by atoms with Crippen LogP contribution >= 0.6 is 0 Å². The number of hydrogen-bond donors (Lipinski definition) is 1. The minimum atomic E-state index is -4.65. The number of rotatable bonds is 5. The topological polar surface area (TPSA) is 64.6 Å². The summed E-state index contributed by atoms with van der Waals surface area (Å²) >= 11 is 0. The number of carbonyl (C=O) groups is 2. The number of amides is 1. The molecule has 4 rings (SSSR count). The number of fused-ring (bicyclic) bond motifs is 1. The molecule has 0 bridgehead atoms. The third kappa shape index (κ3) is 5.06. The lowest BCUT2D eigenvalue weighted by Crippen LogP contribution is -2.21. The number of carbonyl (C=O) groups excluding carboxylic acids is 2. The number of hydrogen-bond acceptors (Lipinski definition) is 4. The number of alkyl halides is 3. The molecule has 0 aliphatic carbocycles. The summed E-state index contributed by atoms with van der Waals surface area (Å²) < 4.78 is 51.4. The summed E-state index contributed by atoms with van der Waals surface area (Å²) in [4.78, 5) is 26.2. The second-order valence-electron chi connectivity index (χ2n) is 7.15. The van der Waals surface area contributed by atoms with Crippen molar-refractivity contribution in [3.8, 4) is 11.5 Å². The van der Waals surface area contributed by atoms with Crippen LogP contribution in [-0.2, 0) is 11.0 Å². The molecule has 0 saturated carbocycles. The average molecular weight is 453 g/mol. The van der Waals surface area contributed by atoms with Crippen molar-refractivity contribution in [3.63, 3.8) is 0 Å². The SMILES string of the molecule is O=C(Nc1ccc2c(c1)OCCO2)C(=Cc1ccccc1C(F)(F)F)C(=O)c1ccccc1. The number of nitrogens with one attached hydrogen (secondary N) is 1. The summed E-state index contributed by atoms with van der Waals surface area (Å²) in [5.74, 6) is -0.629. The van der Waals surface area contributed by atoms with E-state index in [9.17, 15) is 22.8 Å². The maximum absolute atomic E-state index is 13.5. The maximum Gasteiger partial charge on any atom is 0.416 e. The Kier molecular flexibility index (Phi) is 6.17. The highest BCUT2D eigenvalue weighted by Crippen LogP contribution is 2.34. The molecular weight excluding hydrogens is 435 g/mol. The molecule has 33 heavy (non-hydrogen) atoms. The number of ketones is 1. The summed E-state index contributed by atoms with van der Waals surface area (Å²) in [6, 6.07) is 17.3. The second-order valence-corrected chi connectivity index (χ2v) is 7.15. The van der Waals surface area contributed by atoms with E-state index >= 15 is 0 Å². The van der Waals surface area contributed by atoms with Gasteiger partial charge < -0.3 is 14.8 Å². The number of halogens is 3. The van der Waals surface area contributed by atoms with Gasteiger partial charge in [-0.2, -0.15) is 13.2 Å². The Labute approximate surface area is 187 Å². The van der Waals surface area contributed by atoms with E-state index in [2.05, 4.69) is 5.32 Å². The third-order valence-electron chi connectivity index (χ3n) is 4.89. The largest absolute Gasteiger partial charge is 0.486 e. The Morgan fingerprint density at radius 2 is 1.52 bits per heavy atom. The van der Waals surface area contributed by atoms with Crippen molar-refractivity contribution in [3.05, 3.63) is 95.1 Å². The van der Waals surface area contributed by atoms with Crippen molar-refractivity contribution in [2.45, 2.75) is 6.18 Å². The molecule has 0 atom stereocenters. The molecule has 0 radical (unpaired) electrons. The first kappa shape index (κ1) is 22.1. The van der Waals surface area contributed by atoms with E-state index in [0.717, 1.165) is 12.1 Å². The van der Waals surface area contributed by atoms with Crippen LogP contribution in [0.3, 0.4) is 0 Å². The van der Waals surface area contributed by atoms with E-state index in [-0.39, 0.29) is 11.1 Å². The monoisotopic (exact) mass is 453 g/mol. The van der Waals surface area contributed by atoms with Crippen molar-refractivity contribution in [2.24, 2.45) is 0 Å². The third-order valence-corrected chi connectivity index (χ3v) is 4.89. The van der Waals surface area contributed by atoms with Gasteiger partial charge in [0.15, 0.2) is 17.3 Å². The second kappa shape index (κ2) is 9.20. The number of anilines is 1. The summed E-state index contributed by atoms with van der Waals surface area (Å²) in [7, 11) is 0. The van der Waals surface area contributed by atoms with E-state index in [1.165, 1.54) is 36.4 Å². The summed E-state index contributed by atoms with van der Waals surface area (Å²) in [5, 5.41) is 2.58. The molecule has 0 aromatic heterocycles. The smallest absolute Gasteiger partial charge is 0.416 e. The molecule has 1 N–H and O–H groups in total. The molecule has 0 saturated heterocycles. The van der Waals surface area contributed by atoms with E-state index in [4.69, 9.17) is 9.47 Å². The zero-order valence-corrected chi connectivity index (χ0v) is 17.2. The van der Waals surface area contributed by atoms with E-state index in [1.54, 1.807) is 30.3 Å². The van der Waals surface area contributed by atoms with E-state index in [1.807, 2.05) is 0 Å². The van der Waals surface area contributed by atoms with Gasteiger partial charge in [0.2, 0.25) is 0 Å². The maximum atomic E-state index is 13.5. The minimum Gasteiger partial charge on any atom is -0.486 e. The lowest BCUT2D eigenvalue weighted by Gasteiger charge is -2.19. The Hall–Kier alpha value is -4.07. The van der Waals surface area contributed by atoms with Gasteiger partial charge in [0.1, 0.15) is 13.2 Å². The van der Waals surface area contributed by atoms with Crippen LogP contribution in [-0.4, -0.2) is 24.9 Å². The molecule has 168 valence electrons. The van der Waals surface area contributed by atoms with Gasteiger partial charge in [-0.1, -0.05) is 48.5 Å². The van der Waals surface area contributed by atoms with Crippen LogP contribution in [0.1, 0.15) is 21.5 Å². The average Bonchev–Trinajstić information content (AvgIpc) is 2.82. The highest BCUT2D eigenvalue weighted by molar-refractivity contribution is 6.31. The van der Waals surface area contributed by atoms with Gasteiger partial charge in [0.05, 0.1) is 11.1 Å². The molecule has 0 unspecified atom stereocenters. The molecule has 8 heteroatoms. The van der Waals surface area contributed by atoms with Crippen LogP contribution in [0.4, 0.5) is 18.9 Å². The molecule has 1 aliphatic heterocycles. The quantitative estimate of drug-likeness (QED) is 0.244. The van der Waals surface area contributed by atoms with Gasteiger partial charge in [0.25, 0.3) is 5.91 Å². The predicted octanol–water partition coefficient (Wildman–Crippen LogP) is 5.38. The van der Waals surface area contributed by atoms with Crippen molar-refractivity contribution < 1.29 is 32.2 Å². The van der Waals surface area contributed by atoms with Crippen LogP contribution < -0.4 is 14.8 Å². The molecule has 3 aromatic rings. The van der Waals surface area contributed by atoms with Crippen molar-refractivity contribution >= 4 is 23.5 Å². The first-order valence-electron chi connectivity index (χ1n) is 10.0. The summed E-state index contributed by atoms with van der Waals surface area (Å²) in [6.07, 6.45) is -3.69. The minimum absolute atomic E-state index is 0.172. The molecule has 0 fully saturated rings. The Bertz CT molecular complexity index is 1220. The first-order valence-corrected chi connectivity index (χ1v) is 10.0. The molecule has 3 aromatic carbocycles. The van der Waals surface area contributed by atoms with Gasteiger partial charge in [-0.15, -0.1) is 0 Å². The Morgan fingerprint density at radius 3 is 2.24 bits per heavy atom. The van der Waals surface area contributed by atoms with Gasteiger partial charge in [0, 0.05) is 17.3 Å². The highest BCUT2D eigenvalue weighted by atomic mass is 19.4. The first-order chi connectivity index (χ1) is 15.8. The van der Waals surface area contributed by atoms with Crippen LogP contribution in [0, 0.1) is 0 Å². The van der Waals surface area contributed by atoms with E-state index in [0.29, 0.717) is 30.4 Å². The fourth-order valence-corrected chi connectivity index (χ4v) is 3.34. The van der Waals surface area contributed by atoms with Crippen LogP contribution in [0.5, 0.6) is 11.5 Å². The number of Topliss-reactive ketones (excluding diaryl/α,β-unsaturated/α-hetero) is 1. The lowest BCUT2D eigenvalue weighted by atomic mass is 9.98. The van der Waals surface area contributed by atoms with Gasteiger partial charge in [-0.05, 0) is 29.8 Å². The fraction of sp³-hybridized carbons (Fsp3) is 0.120. The predicted molar refractivity (Wildman–Crippen MR) is 116 cm³/mol. The Morgan fingerprint density at radius 1 is 0.848 bits per heavy atom. The van der Waals surface area contributed by atoms with Crippen molar-refractivity contribution in [1.29, 1.82) is 0 Å². The highest BCUT2D eigenvalue weighted by Gasteiger charge is 2.33. The molecular formula is C25H18F3NO4. The van der Waals surface area contributed by atoms with Crippen LogP contribution in [0.2, 0.25) is 0 Å². The normalized spacial score (nSPS) is 13.4. The van der Waals surface area contributed by atoms with Crippen LogP contribution in [0.15, 0.2) is 78.4 Å². The van der Waals surface area contributed by atoms with Gasteiger partial charge >= 0.3 is 6.18 Å². The zero-order chi connectivity index (χ0) is 23.4. The Balaban J connectivity index is 1.73. The van der Waals surface area contributed by atoms with Gasteiger partial charge in [-0.25, -0.2) is 0 Å². The summed E-state index contributed by atoms with van der Waals surface area (Å²) in [6.45, 7) is 0.742. The molecule has 1 aliphatic rings. The lowest BCUT2D eigenvalue weighted by molar-refractivity contribution is -0.137. The van der Waals surface area contributed by atoms with Gasteiger partial charge in [-0.3, -0.25) is 9.59 Å². The standard InChI is InChI=1S/C25H18F3NO4/c26-25(27,28)20-9-5-4-8-17(20)14-19(23(30)16-6-2-1-3-7-16)24(31)29-18-10-11-21-22(15-18)33-13-12-32-21/h1-11,14-15H,12-13H2,(H,29,31). The molecule has 1 amide bonds. The molecule has 1 heterocycles. The van der Waals surface area contributed by atoms with E-state index < -0.39 is 29.0 Å². The number of ether oxygens (including phenoxy) is 2. The molecule has 0 spiro atoms. The zero-order valence-electron chi connectivity index (χ0n) is 17.2. The van der Waals surface area contributed by atoms with Crippen molar-refractivity contribution in [2.75, 3.05) is 18.5 Å². The molecule has 5 nitrogen and oxygen atoms in total. The number of benzene rings is 3. The van der Waals surface area contributed by atoms with Crippen LogP contribution in [0.25, 0.3) is 6.08 Å².